The van der Waals surface area contributed by atoms with Gasteiger partial charge in [0.25, 0.3) is 0 Å². The van der Waals surface area contributed by atoms with Crippen molar-refractivity contribution in [3.05, 3.63) is 27.3 Å². The van der Waals surface area contributed by atoms with E-state index in [4.69, 9.17) is 0 Å². The Balaban J connectivity index is 2.84. The van der Waals surface area contributed by atoms with Crippen LogP contribution < -0.4 is 4.74 Å². The maximum Gasteiger partial charge on any atom is 0.573 e. The smallest absolute Gasteiger partial charge is 0.406 e. The summed E-state index contributed by atoms with van der Waals surface area (Å²) in [5, 5.41) is 0. The molecule has 0 fully saturated rings. The van der Waals surface area contributed by atoms with Crippen LogP contribution in [0.2, 0.25) is 0 Å². The van der Waals surface area contributed by atoms with E-state index in [-0.39, 0.29) is 12.2 Å². The van der Waals surface area contributed by atoms with E-state index < -0.39 is 6.36 Å². The van der Waals surface area contributed by atoms with E-state index in [1.165, 1.54) is 18.2 Å². The minimum atomic E-state index is -4.69. The number of aldehydes is 1. The van der Waals surface area contributed by atoms with Crippen LogP contribution in [0.4, 0.5) is 13.2 Å². The SMILES string of the molecule is O=CCCc1cc(OC(F)(F)F)ccc1I. The molecule has 0 aliphatic carbocycles. The summed E-state index contributed by atoms with van der Waals surface area (Å²) < 4.78 is 40.4. The van der Waals surface area contributed by atoms with Crippen LogP contribution in [-0.4, -0.2) is 12.6 Å². The number of ether oxygens (including phenoxy) is 1. The molecule has 0 aromatic heterocycles. The minimum absolute atomic E-state index is 0.256. The van der Waals surface area contributed by atoms with Gasteiger partial charge >= 0.3 is 6.36 Å². The van der Waals surface area contributed by atoms with Crippen molar-refractivity contribution in [1.29, 1.82) is 0 Å². The molecule has 0 saturated carbocycles. The molecule has 16 heavy (non-hydrogen) atoms. The van der Waals surface area contributed by atoms with E-state index in [9.17, 15) is 18.0 Å². The van der Waals surface area contributed by atoms with E-state index in [2.05, 4.69) is 4.74 Å². The quantitative estimate of drug-likeness (QED) is 0.619. The summed E-state index contributed by atoms with van der Waals surface area (Å²) in [5.41, 5.74) is 0.675. The van der Waals surface area contributed by atoms with Crippen molar-refractivity contribution >= 4 is 28.9 Å². The second-order valence-corrected chi connectivity index (χ2v) is 4.17. The van der Waals surface area contributed by atoms with Crippen molar-refractivity contribution in [2.45, 2.75) is 19.2 Å². The summed E-state index contributed by atoms with van der Waals surface area (Å²) in [6, 6.07) is 4.08. The summed E-state index contributed by atoms with van der Waals surface area (Å²) in [6.07, 6.45) is -3.26. The molecule has 6 heteroatoms. The highest BCUT2D eigenvalue weighted by molar-refractivity contribution is 14.1. The van der Waals surface area contributed by atoms with Crippen LogP contribution in [0.3, 0.4) is 0 Å². The van der Waals surface area contributed by atoms with E-state index in [0.29, 0.717) is 12.0 Å². The average Bonchev–Trinajstić information content (AvgIpc) is 2.17. The molecule has 0 unspecified atom stereocenters. The Morgan fingerprint density at radius 3 is 2.62 bits per heavy atom. The van der Waals surface area contributed by atoms with E-state index in [1.807, 2.05) is 22.6 Å². The Labute approximate surface area is 104 Å². The fourth-order valence-corrected chi connectivity index (χ4v) is 1.76. The predicted molar refractivity (Wildman–Crippen MR) is 60.2 cm³/mol. The van der Waals surface area contributed by atoms with Crippen LogP contribution in [0.25, 0.3) is 0 Å². The van der Waals surface area contributed by atoms with Crippen LogP contribution in [0.1, 0.15) is 12.0 Å². The van der Waals surface area contributed by atoms with Crippen molar-refractivity contribution in [3.8, 4) is 5.75 Å². The molecule has 0 saturated heterocycles. The van der Waals surface area contributed by atoms with Gasteiger partial charge < -0.3 is 9.53 Å². The van der Waals surface area contributed by atoms with Crippen LogP contribution in [0.15, 0.2) is 18.2 Å². The molecule has 2 nitrogen and oxygen atoms in total. The first-order valence-electron chi connectivity index (χ1n) is 4.40. The van der Waals surface area contributed by atoms with E-state index >= 15 is 0 Å². The number of hydrogen-bond donors (Lipinski definition) is 0. The normalized spacial score (nSPS) is 11.2. The van der Waals surface area contributed by atoms with Gasteiger partial charge in [0, 0.05) is 9.99 Å². The van der Waals surface area contributed by atoms with Crippen molar-refractivity contribution in [2.24, 2.45) is 0 Å². The van der Waals surface area contributed by atoms with Gasteiger partial charge in [0.15, 0.2) is 0 Å². The Kier molecular flexibility index (Phi) is 4.57. The predicted octanol–water partition coefficient (Wildman–Crippen LogP) is 3.32. The lowest BCUT2D eigenvalue weighted by Crippen LogP contribution is -2.17. The number of benzene rings is 1. The average molecular weight is 344 g/mol. The molecular weight excluding hydrogens is 336 g/mol. The molecular formula is C10H8F3IO2. The fraction of sp³-hybridized carbons (Fsp3) is 0.300. The van der Waals surface area contributed by atoms with E-state index in [0.717, 1.165) is 9.86 Å². The zero-order valence-electron chi connectivity index (χ0n) is 8.05. The molecule has 0 radical (unpaired) electrons. The number of carbonyl (C=O) groups is 1. The molecule has 0 atom stereocenters. The second kappa shape index (κ2) is 5.51. The van der Waals surface area contributed by atoms with Gasteiger partial charge in [0.05, 0.1) is 0 Å². The summed E-state index contributed by atoms with van der Waals surface area (Å²) >= 11 is 2.00. The molecule has 0 aliphatic rings. The van der Waals surface area contributed by atoms with Crippen LogP contribution in [0, 0.1) is 3.57 Å². The summed E-state index contributed by atoms with van der Waals surface area (Å²) in [4.78, 5) is 10.2. The minimum Gasteiger partial charge on any atom is -0.406 e. The third-order valence-electron chi connectivity index (χ3n) is 1.78. The number of hydrogen-bond acceptors (Lipinski definition) is 2. The van der Waals surface area contributed by atoms with E-state index in [1.54, 1.807) is 0 Å². The third kappa shape index (κ3) is 4.38. The first-order chi connectivity index (χ1) is 7.42. The number of rotatable bonds is 4. The number of alkyl halides is 3. The molecule has 1 rings (SSSR count). The molecule has 1 aromatic rings. The molecule has 0 aliphatic heterocycles. The Morgan fingerprint density at radius 1 is 1.38 bits per heavy atom. The number of aryl methyl sites for hydroxylation is 1. The van der Waals surface area contributed by atoms with Crippen LogP contribution in [0.5, 0.6) is 5.75 Å². The zero-order chi connectivity index (χ0) is 12.2. The summed E-state index contributed by atoms with van der Waals surface area (Å²) in [5.74, 6) is -0.256. The Morgan fingerprint density at radius 2 is 2.06 bits per heavy atom. The highest BCUT2D eigenvalue weighted by Gasteiger charge is 2.31. The summed E-state index contributed by atoms with van der Waals surface area (Å²) in [7, 11) is 0. The lowest BCUT2D eigenvalue weighted by atomic mass is 10.1. The maximum absolute atomic E-state index is 11.9. The topological polar surface area (TPSA) is 26.3 Å². The number of halogens is 4. The molecule has 0 amide bonds. The van der Waals surface area contributed by atoms with Gasteiger partial charge in [-0.25, -0.2) is 0 Å². The molecule has 0 spiro atoms. The number of carbonyl (C=O) groups excluding carboxylic acids is 1. The van der Waals surface area contributed by atoms with Crippen molar-refractivity contribution in [3.63, 3.8) is 0 Å². The zero-order valence-corrected chi connectivity index (χ0v) is 10.2. The lowest BCUT2D eigenvalue weighted by Gasteiger charge is -2.10. The molecule has 1 aromatic carbocycles. The first kappa shape index (κ1) is 13.3. The van der Waals surface area contributed by atoms with Gasteiger partial charge in [-0.2, -0.15) is 0 Å². The molecule has 88 valence electrons. The van der Waals surface area contributed by atoms with Gasteiger partial charge in [-0.15, -0.1) is 13.2 Å². The van der Waals surface area contributed by atoms with Crippen molar-refractivity contribution < 1.29 is 22.7 Å². The van der Waals surface area contributed by atoms with Crippen LogP contribution in [-0.2, 0) is 11.2 Å². The lowest BCUT2D eigenvalue weighted by molar-refractivity contribution is -0.274. The van der Waals surface area contributed by atoms with Crippen molar-refractivity contribution in [2.75, 3.05) is 0 Å². The van der Waals surface area contributed by atoms with Gasteiger partial charge in [-0.1, -0.05) is 0 Å². The van der Waals surface area contributed by atoms with Crippen molar-refractivity contribution in [1.82, 2.24) is 0 Å². The maximum atomic E-state index is 11.9. The highest BCUT2D eigenvalue weighted by Crippen LogP contribution is 2.26. The molecule has 0 N–H and O–H groups in total. The standard InChI is InChI=1S/C10H8F3IO2/c11-10(12,13)16-8-3-4-9(14)7(6-8)2-1-5-15/h3-6H,1-2H2. The van der Waals surface area contributed by atoms with Gasteiger partial charge in [-0.3, -0.25) is 0 Å². The molecule has 0 bridgehead atoms. The first-order valence-corrected chi connectivity index (χ1v) is 5.48. The van der Waals surface area contributed by atoms with Gasteiger partial charge in [0.1, 0.15) is 12.0 Å². The Bertz CT molecular complexity index is 377. The largest absolute Gasteiger partial charge is 0.573 e. The van der Waals surface area contributed by atoms with Gasteiger partial charge in [0.2, 0.25) is 0 Å². The highest BCUT2D eigenvalue weighted by atomic mass is 127. The van der Waals surface area contributed by atoms with Crippen LogP contribution >= 0.6 is 22.6 Å². The molecule has 0 heterocycles. The second-order valence-electron chi connectivity index (χ2n) is 3.01. The third-order valence-corrected chi connectivity index (χ3v) is 2.83. The fourth-order valence-electron chi connectivity index (χ4n) is 1.15. The Hall–Kier alpha value is -0.790. The van der Waals surface area contributed by atoms with Gasteiger partial charge in [-0.05, 0) is 52.8 Å². The monoisotopic (exact) mass is 344 g/mol. The summed E-state index contributed by atoms with van der Waals surface area (Å²) in [6.45, 7) is 0.